The average molecular weight is 269 g/mol. The fourth-order valence-electron chi connectivity index (χ4n) is 2.07. The van der Waals surface area contributed by atoms with Gasteiger partial charge in [0.05, 0.1) is 16.9 Å². The molecular weight excluding hydrogens is 255 g/mol. The Morgan fingerprint density at radius 2 is 2.11 bits per heavy atom. The Bertz CT molecular complexity index is 566. The van der Waals surface area contributed by atoms with Crippen molar-refractivity contribution in [3.8, 4) is 0 Å². The van der Waals surface area contributed by atoms with Crippen LogP contribution in [0.15, 0.2) is 30.5 Å². The lowest BCUT2D eigenvalue weighted by atomic mass is 9.92. The molecule has 0 aliphatic carbocycles. The van der Waals surface area contributed by atoms with E-state index < -0.39 is 11.4 Å². The van der Waals surface area contributed by atoms with Gasteiger partial charge in [-0.25, -0.2) is 4.39 Å². The van der Waals surface area contributed by atoms with Crippen LogP contribution < -0.4 is 0 Å². The summed E-state index contributed by atoms with van der Waals surface area (Å²) < 4.78 is 15.4. The molecule has 0 radical (unpaired) electrons. The van der Waals surface area contributed by atoms with Crippen LogP contribution in [0.3, 0.4) is 0 Å². The summed E-state index contributed by atoms with van der Waals surface area (Å²) in [5.41, 5.74) is -0.937. The first kappa shape index (κ1) is 13.1. The van der Waals surface area contributed by atoms with E-state index >= 15 is 0 Å². The second-order valence-corrected chi connectivity index (χ2v) is 4.62. The minimum atomic E-state index is -1.52. The van der Waals surface area contributed by atoms with Gasteiger partial charge in [-0.05, 0) is 19.9 Å². The number of aromatic nitrogens is 2. The highest BCUT2D eigenvalue weighted by atomic mass is 35.5. The van der Waals surface area contributed by atoms with Crippen molar-refractivity contribution >= 4 is 11.6 Å². The molecule has 1 unspecified atom stereocenters. The van der Waals surface area contributed by atoms with Crippen LogP contribution in [-0.2, 0) is 12.1 Å². The summed E-state index contributed by atoms with van der Waals surface area (Å²) in [4.78, 5) is 0. The zero-order chi connectivity index (χ0) is 13.3. The fourth-order valence-corrected chi connectivity index (χ4v) is 2.39. The Labute approximate surface area is 110 Å². The van der Waals surface area contributed by atoms with Gasteiger partial charge < -0.3 is 5.11 Å². The number of aliphatic hydroxyl groups is 1. The molecule has 0 spiro atoms. The molecule has 0 saturated carbocycles. The Balaban J connectivity index is 2.61. The van der Waals surface area contributed by atoms with E-state index in [1.54, 1.807) is 22.9 Å². The molecule has 0 saturated heterocycles. The van der Waals surface area contributed by atoms with Crippen LogP contribution >= 0.6 is 11.6 Å². The summed E-state index contributed by atoms with van der Waals surface area (Å²) in [6, 6.07) is 6.10. The molecule has 1 aromatic carbocycles. The molecule has 2 aromatic rings. The third-order valence-electron chi connectivity index (χ3n) is 2.95. The van der Waals surface area contributed by atoms with Crippen molar-refractivity contribution < 1.29 is 9.50 Å². The molecular formula is C13H14ClFN2O. The van der Waals surface area contributed by atoms with E-state index in [2.05, 4.69) is 5.10 Å². The van der Waals surface area contributed by atoms with Crippen LogP contribution in [0.1, 0.15) is 25.1 Å². The summed E-state index contributed by atoms with van der Waals surface area (Å²) in [5, 5.41) is 15.0. The van der Waals surface area contributed by atoms with Crippen molar-refractivity contribution in [1.82, 2.24) is 9.78 Å². The standard InChI is InChI=1S/C13H14ClFN2O/c1-3-17-12(10(14)8-16-17)13(2,18)9-6-4-5-7-11(9)15/h4-8,18H,3H2,1-2H3. The monoisotopic (exact) mass is 268 g/mol. The predicted octanol–water partition coefficient (Wildman–Crippen LogP) is 2.95. The molecule has 0 amide bonds. The van der Waals surface area contributed by atoms with Gasteiger partial charge in [0.25, 0.3) is 0 Å². The fraction of sp³-hybridized carbons (Fsp3) is 0.308. The minimum absolute atomic E-state index is 0.183. The molecule has 1 heterocycles. The van der Waals surface area contributed by atoms with E-state index in [1.807, 2.05) is 6.92 Å². The number of rotatable bonds is 3. The predicted molar refractivity (Wildman–Crippen MR) is 68.0 cm³/mol. The van der Waals surface area contributed by atoms with Crippen LogP contribution in [0.25, 0.3) is 0 Å². The Kier molecular flexibility index (Phi) is 3.41. The molecule has 96 valence electrons. The number of halogens is 2. The maximum absolute atomic E-state index is 13.8. The zero-order valence-electron chi connectivity index (χ0n) is 10.2. The van der Waals surface area contributed by atoms with E-state index in [0.29, 0.717) is 17.3 Å². The second-order valence-electron chi connectivity index (χ2n) is 4.21. The Morgan fingerprint density at radius 1 is 1.44 bits per heavy atom. The highest BCUT2D eigenvalue weighted by Crippen LogP contribution is 2.34. The van der Waals surface area contributed by atoms with Gasteiger partial charge in [-0.2, -0.15) is 5.10 Å². The van der Waals surface area contributed by atoms with Crippen LogP contribution in [0, 0.1) is 5.82 Å². The van der Waals surface area contributed by atoms with Crippen LogP contribution in [-0.4, -0.2) is 14.9 Å². The van der Waals surface area contributed by atoms with E-state index in [1.165, 1.54) is 19.2 Å². The summed E-state index contributed by atoms with van der Waals surface area (Å²) in [5.74, 6) is -0.470. The van der Waals surface area contributed by atoms with E-state index in [4.69, 9.17) is 11.6 Å². The topological polar surface area (TPSA) is 38.0 Å². The molecule has 0 bridgehead atoms. The largest absolute Gasteiger partial charge is 0.379 e. The molecule has 0 aliphatic heterocycles. The third-order valence-corrected chi connectivity index (χ3v) is 3.23. The van der Waals surface area contributed by atoms with Crippen LogP contribution in [0.2, 0.25) is 5.02 Å². The van der Waals surface area contributed by atoms with Gasteiger partial charge in [-0.1, -0.05) is 29.8 Å². The van der Waals surface area contributed by atoms with Gasteiger partial charge in [0.1, 0.15) is 11.4 Å². The quantitative estimate of drug-likeness (QED) is 0.929. The van der Waals surface area contributed by atoms with Gasteiger partial charge >= 0.3 is 0 Å². The maximum atomic E-state index is 13.8. The Hall–Kier alpha value is -1.39. The van der Waals surface area contributed by atoms with E-state index in [9.17, 15) is 9.50 Å². The number of benzene rings is 1. The van der Waals surface area contributed by atoms with Crippen LogP contribution in [0.5, 0.6) is 0 Å². The van der Waals surface area contributed by atoms with Crippen molar-refractivity contribution in [2.24, 2.45) is 0 Å². The maximum Gasteiger partial charge on any atom is 0.133 e. The third kappa shape index (κ3) is 2.02. The van der Waals surface area contributed by atoms with Crippen LogP contribution in [0.4, 0.5) is 4.39 Å². The highest BCUT2D eigenvalue weighted by Gasteiger charge is 2.34. The molecule has 0 aliphatic rings. The molecule has 5 heteroatoms. The summed E-state index contributed by atoms with van der Waals surface area (Å²) in [6.45, 7) is 3.94. The van der Waals surface area contributed by atoms with Gasteiger partial charge in [0.2, 0.25) is 0 Å². The van der Waals surface area contributed by atoms with Crippen molar-refractivity contribution in [3.63, 3.8) is 0 Å². The molecule has 1 atom stereocenters. The van der Waals surface area contributed by atoms with Crippen molar-refractivity contribution in [3.05, 3.63) is 52.6 Å². The lowest BCUT2D eigenvalue weighted by Crippen LogP contribution is -2.28. The van der Waals surface area contributed by atoms with E-state index in [-0.39, 0.29) is 5.56 Å². The molecule has 18 heavy (non-hydrogen) atoms. The number of nitrogens with zero attached hydrogens (tertiary/aromatic N) is 2. The number of aryl methyl sites for hydroxylation is 1. The molecule has 2 rings (SSSR count). The zero-order valence-corrected chi connectivity index (χ0v) is 10.9. The average Bonchev–Trinajstić information content (AvgIpc) is 2.71. The highest BCUT2D eigenvalue weighted by molar-refractivity contribution is 6.31. The molecule has 0 fully saturated rings. The van der Waals surface area contributed by atoms with Crippen molar-refractivity contribution in [1.29, 1.82) is 0 Å². The first-order valence-corrected chi connectivity index (χ1v) is 6.05. The first-order chi connectivity index (χ1) is 8.48. The molecule has 1 N–H and O–H groups in total. The van der Waals surface area contributed by atoms with Gasteiger partial charge in [0.15, 0.2) is 0 Å². The summed E-state index contributed by atoms with van der Waals surface area (Å²) in [6.07, 6.45) is 1.45. The second kappa shape index (κ2) is 4.71. The first-order valence-electron chi connectivity index (χ1n) is 5.67. The van der Waals surface area contributed by atoms with Gasteiger partial charge in [-0.3, -0.25) is 4.68 Å². The minimum Gasteiger partial charge on any atom is -0.379 e. The van der Waals surface area contributed by atoms with Gasteiger partial charge in [-0.15, -0.1) is 0 Å². The van der Waals surface area contributed by atoms with Crippen molar-refractivity contribution in [2.75, 3.05) is 0 Å². The normalized spacial score (nSPS) is 14.5. The van der Waals surface area contributed by atoms with E-state index in [0.717, 1.165) is 0 Å². The smallest absolute Gasteiger partial charge is 0.133 e. The van der Waals surface area contributed by atoms with Gasteiger partial charge in [0, 0.05) is 12.1 Å². The lowest BCUT2D eigenvalue weighted by molar-refractivity contribution is 0.0878. The van der Waals surface area contributed by atoms with Crippen molar-refractivity contribution in [2.45, 2.75) is 26.0 Å². The molecule has 3 nitrogen and oxygen atoms in total. The Morgan fingerprint density at radius 3 is 2.72 bits per heavy atom. The lowest BCUT2D eigenvalue weighted by Gasteiger charge is -2.25. The summed E-state index contributed by atoms with van der Waals surface area (Å²) >= 11 is 6.04. The molecule has 1 aromatic heterocycles. The SMILES string of the molecule is CCn1ncc(Cl)c1C(C)(O)c1ccccc1F. The summed E-state index contributed by atoms with van der Waals surface area (Å²) in [7, 11) is 0. The number of hydrogen-bond acceptors (Lipinski definition) is 2. The number of hydrogen-bond donors (Lipinski definition) is 1.